The maximum Gasteiger partial charge on any atom is 0.115 e. The predicted octanol–water partition coefficient (Wildman–Crippen LogP) is 2.50. The zero-order valence-electron chi connectivity index (χ0n) is 8.62. The van der Waals surface area contributed by atoms with Gasteiger partial charge in [-0.15, -0.1) is 11.6 Å². The standard InChI is InChI=1S/C12H16ClNO/c13-12(10-4-5-10)8-14-7-9-2-1-3-11(15)6-9/h1-3,6,10,12,14-15H,4-5,7-8H2. The van der Waals surface area contributed by atoms with Crippen molar-refractivity contribution < 1.29 is 5.11 Å². The zero-order chi connectivity index (χ0) is 10.7. The summed E-state index contributed by atoms with van der Waals surface area (Å²) in [5.41, 5.74) is 1.09. The van der Waals surface area contributed by atoms with Gasteiger partial charge < -0.3 is 10.4 Å². The normalized spacial score (nSPS) is 17.7. The van der Waals surface area contributed by atoms with Gasteiger partial charge in [0.1, 0.15) is 5.75 Å². The molecular weight excluding hydrogens is 210 g/mol. The van der Waals surface area contributed by atoms with Crippen molar-refractivity contribution in [2.75, 3.05) is 6.54 Å². The summed E-state index contributed by atoms with van der Waals surface area (Å²) in [5.74, 6) is 1.04. The van der Waals surface area contributed by atoms with E-state index in [9.17, 15) is 5.11 Å². The van der Waals surface area contributed by atoms with Crippen molar-refractivity contribution in [2.45, 2.75) is 24.8 Å². The van der Waals surface area contributed by atoms with Gasteiger partial charge >= 0.3 is 0 Å². The molecule has 2 N–H and O–H groups in total. The third-order valence-electron chi connectivity index (χ3n) is 2.71. The van der Waals surface area contributed by atoms with E-state index in [1.165, 1.54) is 12.8 Å². The SMILES string of the molecule is Oc1cccc(CNCC(Cl)C2CC2)c1. The van der Waals surface area contributed by atoms with Crippen molar-refractivity contribution in [1.82, 2.24) is 5.32 Å². The summed E-state index contributed by atoms with van der Waals surface area (Å²) < 4.78 is 0. The van der Waals surface area contributed by atoms with Gasteiger partial charge in [-0.1, -0.05) is 12.1 Å². The second-order valence-corrected chi connectivity index (χ2v) is 4.71. The molecule has 0 heterocycles. The van der Waals surface area contributed by atoms with E-state index in [0.717, 1.165) is 24.6 Å². The van der Waals surface area contributed by atoms with Gasteiger partial charge in [-0.25, -0.2) is 0 Å². The second-order valence-electron chi connectivity index (χ2n) is 4.15. The summed E-state index contributed by atoms with van der Waals surface area (Å²) in [5, 5.41) is 12.8. The maximum atomic E-state index is 9.27. The summed E-state index contributed by atoms with van der Waals surface area (Å²) in [7, 11) is 0. The van der Waals surface area contributed by atoms with Crippen LogP contribution in [0.2, 0.25) is 0 Å². The first-order chi connectivity index (χ1) is 7.25. The lowest BCUT2D eigenvalue weighted by atomic mass is 10.2. The molecule has 82 valence electrons. The van der Waals surface area contributed by atoms with E-state index in [2.05, 4.69) is 5.32 Å². The molecule has 0 saturated heterocycles. The molecule has 0 radical (unpaired) electrons. The number of nitrogens with one attached hydrogen (secondary N) is 1. The Bertz CT molecular complexity index is 325. The molecule has 0 aliphatic heterocycles. The first-order valence-corrected chi connectivity index (χ1v) is 5.82. The second kappa shape index (κ2) is 4.86. The number of rotatable bonds is 5. The molecule has 1 saturated carbocycles. The van der Waals surface area contributed by atoms with Gasteiger partial charge in [0.2, 0.25) is 0 Å². The molecule has 1 fully saturated rings. The van der Waals surface area contributed by atoms with Crippen LogP contribution in [0, 0.1) is 5.92 Å². The molecule has 3 heteroatoms. The molecule has 1 aromatic rings. The molecule has 1 aliphatic rings. The number of phenolic OH excluding ortho intramolecular Hbond substituents is 1. The molecule has 2 rings (SSSR count). The van der Waals surface area contributed by atoms with Crippen LogP contribution in [0.1, 0.15) is 18.4 Å². The smallest absolute Gasteiger partial charge is 0.115 e. The summed E-state index contributed by atoms with van der Waals surface area (Å²) in [6.07, 6.45) is 2.56. The van der Waals surface area contributed by atoms with Crippen LogP contribution in [0.3, 0.4) is 0 Å². The van der Waals surface area contributed by atoms with E-state index in [-0.39, 0.29) is 5.38 Å². The molecule has 2 nitrogen and oxygen atoms in total. The zero-order valence-corrected chi connectivity index (χ0v) is 9.37. The Morgan fingerprint density at radius 3 is 2.93 bits per heavy atom. The monoisotopic (exact) mass is 225 g/mol. The number of aromatic hydroxyl groups is 1. The highest BCUT2D eigenvalue weighted by Crippen LogP contribution is 2.35. The quantitative estimate of drug-likeness (QED) is 0.755. The fourth-order valence-corrected chi connectivity index (χ4v) is 2.01. The molecule has 0 spiro atoms. The lowest BCUT2D eigenvalue weighted by molar-refractivity contribution is 0.474. The molecule has 1 atom stereocenters. The number of hydrogen-bond donors (Lipinski definition) is 2. The van der Waals surface area contributed by atoms with Crippen LogP contribution in [0.4, 0.5) is 0 Å². The maximum absolute atomic E-state index is 9.27. The molecule has 1 aliphatic carbocycles. The van der Waals surface area contributed by atoms with E-state index in [1.54, 1.807) is 12.1 Å². The number of hydrogen-bond acceptors (Lipinski definition) is 2. The lowest BCUT2D eigenvalue weighted by Gasteiger charge is -2.09. The van der Waals surface area contributed by atoms with Crippen molar-refractivity contribution in [3.05, 3.63) is 29.8 Å². The summed E-state index contributed by atoms with van der Waals surface area (Å²) in [4.78, 5) is 0. The average Bonchev–Trinajstić information content (AvgIpc) is 3.00. The van der Waals surface area contributed by atoms with Crippen LogP contribution in [0.5, 0.6) is 5.75 Å². The minimum atomic E-state index is 0.266. The summed E-state index contributed by atoms with van der Waals surface area (Å²) >= 11 is 6.16. The topological polar surface area (TPSA) is 32.3 Å². The van der Waals surface area contributed by atoms with Crippen molar-refractivity contribution in [2.24, 2.45) is 5.92 Å². The number of halogens is 1. The minimum absolute atomic E-state index is 0.266. The van der Waals surface area contributed by atoms with Gasteiger partial charge in [0, 0.05) is 18.5 Å². The van der Waals surface area contributed by atoms with Gasteiger partial charge in [0.05, 0.1) is 0 Å². The number of benzene rings is 1. The van der Waals surface area contributed by atoms with Gasteiger partial charge in [0.15, 0.2) is 0 Å². The molecule has 15 heavy (non-hydrogen) atoms. The average molecular weight is 226 g/mol. The van der Waals surface area contributed by atoms with Gasteiger partial charge in [-0.3, -0.25) is 0 Å². The summed E-state index contributed by atoms with van der Waals surface area (Å²) in [6.45, 7) is 1.62. The molecule has 1 unspecified atom stereocenters. The highest BCUT2D eigenvalue weighted by atomic mass is 35.5. The van der Waals surface area contributed by atoms with E-state index in [1.807, 2.05) is 12.1 Å². The van der Waals surface area contributed by atoms with E-state index < -0.39 is 0 Å². The minimum Gasteiger partial charge on any atom is -0.508 e. The molecular formula is C12H16ClNO. The predicted molar refractivity (Wildman–Crippen MR) is 62.2 cm³/mol. The molecule has 1 aromatic carbocycles. The Morgan fingerprint density at radius 2 is 2.27 bits per heavy atom. The van der Waals surface area contributed by atoms with Crippen LogP contribution in [-0.4, -0.2) is 17.0 Å². The molecule has 0 aromatic heterocycles. The highest BCUT2D eigenvalue weighted by Gasteiger charge is 2.28. The van der Waals surface area contributed by atoms with E-state index in [0.29, 0.717) is 5.75 Å². The van der Waals surface area contributed by atoms with Crippen molar-refractivity contribution in [3.8, 4) is 5.75 Å². The fraction of sp³-hybridized carbons (Fsp3) is 0.500. The van der Waals surface area contributed by atoms with Crippen molar-refractivity contribution in [1.29, 1.82) is 0 Å². The van der Waals surface area contributed by atoms with Crippen LogP contribution in [0.25, 0.3) is 0 Å². The van der Waals surface area contributed by atoms with Crippen molar-refractivity contribution in [3.63, 3.8) is 0 Å². The van der Waals surface area contributed by atoms with Crippen LogP contribution >= 0.6 is 11.6 Å². The third kappa shape index (κ3) is 3.40. The Labute approximate surface area is 95.3 Å². The lowest BCUT2D eigenvalue weighted by Crippen LogP contribution is -2.24. The Hall–Kier alpha value is -0.730. The van der Waals surface area contributed by atoms with Gasteiger partial charge in [-0.05, 0) is 36.5 Å². The van der Waals surface area contributed by atoms with Crippen LogP contribution in [0.15, 0.2) is 24.3 Å². The van der Waals surface area contributed by atoms with Gasteiger partial charge in [0.25, 0.3) is 0 Å². The van der Waals surface area contributed by atoms with Crippen molar-refractivity contribution >= 4 is 11.6 Å². The van der Waals surface area contributed by atoms with E-state index in [4.69, 9.17) is 11.6 Å². The third-order valence-corrected chi connectivity index (χ3v) is 3.22. The Kier molecular flexibility index (Phi) is 3.49. The number of alkyl halides is 1. The number of phenols is 1. The molecule has 0 amide bonds. The molecule has 0 bridgehead atoms. The van der Waals surface area contributed by atoms with Crippen LogP contribution in [-0.2, 0) is 6.54 Å². The Balaban J connectivity index is 1.73. The Morgan fingerprint density at radius 1 is 1.47 bits per heavy atom. The van der Waals surface area contributed by atoms with E-state index >= 15 is 0 Å². The first kappa shape index (κ1) is 10.8. The highest BCUT2D eigenvalue weighted by molar-refractivity contribution is 6.21. The summed E-state index contributed by atoms with van der Waals surface area (Å²) in [6, 6.07) is 7.30. The largest absolute Gasteiger partial charge is 0.508 e. The van der Waals surface area contributed by atoms with Gasteiger partial charge in [-0.2, -0.15) is 0 Å². The van der Waals surface area contributed by atoms with Crippen LogP contribution < -0.4 is 5.32 Å². The first-order valence-electron chi connectivity index (χ1n) is 5.38. The fourth-order valence-electron chi connectivity index (χ4n) is 1.65.